The summed E-state index contributed by atoms with van der Waals surface area (Å²) in [5.41, 5.74) is 7.92. The highest BCUT2D eigenvalue weighted by molar-refractivity contribution is 5.86. The standard InChI is InChI=1S/C19H28N2/c1-15(2)19(20,13-8-14-21(3)4)18-12-7-10-16-9-5-6-11-17(16)18/h5-7,9-12,15H,8,13-14,20H2,1-4H3. The number of rotatable bonds is 6. The Morgan fingerprint density at radius 2 is 1.71 bits per heavy atom. The molecule has 0 radical (unpaired) electrons. The fraction of sp³-hybridized carbons (Fsp3) is 0.474. The van der Waals surface area contributed by atoms with Gasteiger partial charge >= 0.3 is 0 Å². The Kier molecular flexibility index (Phi) is 5.02. The highest BCUT2D eigenvalue weighted by Crippen LogP contribution is 2.36. The molecule has 0 amide bonds. The molecule has 0 heterocycles. The van der Waals surface area contributed by atoms with Crippen LogP contribution < -0.4 is 5.73 Å². The van der Waals surface area contributed by atoms with Gasteiger partial charge in [0.1, 0.15) is 0 Å². The van der Waals surface area contributed by atoms with Crippen molar-refractivity contribution < 1.29 is 0 Å². The van der Waals surface area contributed by atoms with Crippen molar-refractivity contribution in [3.05, 3.63) is 48.0 Å². The van der Waals surface area contributed by atoms with Gasteiger partial charge in [-0.3, -0.25) is 0 Å². The lowest BCUT2D eigenvalue weighted by atomic mass is 9.75. The molecule has 0 saturated heterocycles. The maximum Gasteiger partial charge on any atom is 0.0439 e. The molecule has 1 atom stereocenters. The molecule has 21 heavy (non-hydrogen) atoms. The third-order valence-electron chi connectivity index (χ3n) is 4.52. The van der Waals surface area contributed by atoms with Gasteiger partial charge in [-0.05, 0) is 55.7 Å². The number of fused-ring (bicyclic) bond motifs is 1. The van der Waals surface area contributed by atoms with E-state index in [9.17, 15) is 0 Å². The summed E-state index contributed by atoms with van der Waals surface area (Å²) in [6, 6.07) is 15.1. The van der Waals surface area contributed by atoms with Crippen molar-refractivity contribution in [2.45, 2.75) is 32.2 Å². The monoisotopic (exact) mass is 284 g/mol. The minimum Gasteiger partial charge on any atom is -0.321 e. The molecule has 0 saturated carbocycles. The second-order valence-corrected chi connectivity index (χ2v) is 6.63. The zero-order valence-corrected chi connectivity index (χ0v) is 13.8. The molecule has 0 aromatic heterocycles. The second kappa shape index (κ2) is 6.59. The van der Waals surface area contributed by atoms with E-state index in [1.807, 2.05) is 0 Å². The first-order valence-electron chi connectivity index (χ1n) is 7.87. The lowest BCUT2D eigenvalue weighted by Gasteiger charge is -2.36. The Bertz CT molecular complexity index is 584. The van der Waals surface area contributed by atoms with Crippen molar-refractivity contribution in [1.82, 2.24) is 4.90 Å². The van der Waals surface area contributed by atoms with Crippen LogP contribution in [-0.4, -0.2) is 25.5 Å². The normalized spacial score (nSPS) is 14.8. The summed E-state index contributed by atoms with van der Waals surface area (Å²) in [4.78, 5) is 2.23. The number of hydrogen-bond donors (Lipinski definition) is 1. The number of nitrogens with two attached hydrogens (primary N) is 1. The molecule has 0 bridgehead atoms. The molecule has 2 N–H and O–H groups in total. The average molecular weight is 284 g/mol. The van der Waals surface area contributed by atoms with Gasteiger partial charge in [0.25, 0.3) is 0 Å². The summed E-state index contributed by atoms with van der Waals surface area (Å²) in [7, 11) is 4.23. The molecule has 2 aromatic carbocycles. The first-order chi connectivity index (χ1) is 9.95. The van der Waals surface area contributed by atoms with Crippen LogP contribution in [0, 0.1) is 5.92 Å². The maximum atomic E-state index is 6.90. The van der Waals surface area contributed by atoms with Gasteiger partial charge in [-0.1, -0.05) is 56.3 Å². The van der Waals surface area contributed by atoms with Crippen LogP contribution in [-0.2, 0) is 5.54 Å². The van der Waals surface area contributed by atoms with E-state index < -0.39 is 0 Å². The fourth-order valence-corrected chi connectivity index (χ4v) is 3.05. The summed E-state index contributed by atoms with van der Waals surface area (Å²) >= 11 is 0. The van der Waals surface area contributed by atoms with Gasteiger partial charge in [0, 0.05) is 5.54 Å². The average Bonchev–Trinajstić information content (AvgIpc) is 2.45. The van der Waals surface area contributed by atoms with E-state index in [2.05, 4.69) is 75.3 Å². The summed E-state index contributed by atoms with van der Waals surface area (Å²) in [5.74, 6) is 0.408. The van der Waals surface area contributed by atoms with Gasteiger partial charge in [-0.25, -0.2) is 0 Å². The quantitative estimate of drug-likeness (QED) is 0.869. The summed E-state index contributed by atoms with van der Waals surface area (Å²) in [5, 5.41) is 2.57. The Morgan fingerprint density at radius 3 is 2.38 bits per heavy atom. The van der Waals surface area contributed by atoms with Gasteiger partial charge in [-0.15, -0.1) is 0 Å². The van der Waals surface area contributed by atoms with E-state index in [1.54, 1.807) is 0 Å². The number of hydrogen-bond acceptors (Lipinski definition) is 2. The van der Waals surface area contributed by atoms with Crippen LogP contribution in [0.2, 0.25) is 0 Å². The Hall–Kier alpha value is -1.38. The molecule has 0 fully saturated rings. The van der Waals surface area contributed by atoms with Crippen molar-refractivity contribution in [2.75, 3.05) is 20.6 Å². The summed E-state index contributed by atoms with van der Waals surface area (Å²) in [6.45, 7) is 5.55. The van der Waals surface area contributed by atoms with E-state index in [1.165, 1.54) is 16.3 Å². The van der Waals surface area contributed by atoms with E-state index in [4.69, 9.17) is 5.73 Å². The third kappa shape index (κ3) is 3.45. The van der Waals surface area contributed by atoms with E-state index in [-0.39, 0.29) is 5.54 Å². The van der Waals surface area contributed by atoms with Crippen LogP contribution in [0.15, 0.2) is 42.5 Å². The first kappa shape index (κ1) is 16.0. The zero-order valence-electron chi connectivity index (χ0n) is 13.8. The molecule has 0 aliphatic rings. The first-order valence-corrected chi connectivity index (χ1v) is 7.87. The largest absolute Gasteiger partial charge is 0.321 e. The van der Waals surface area contributed by atoms with Crippen molar-refractivity contribution in [3.63, 3.8) is 0 Å². The van der Waals surface area contributed by atoms with Crippen molar-refractivity contribution in [2.24, 2.45) is 11.7 Å². The van der Waals surface area contributed by atoms with Gasteiger partial charge in [0.15, 0.2) is 0 Å². The Morgan fingerprint density at radius 1 is 1.05 bits per heavy atom. The molecule has 2 rings (SSSR count). The topological polar surface area (TPSA) is 29.3 Å². The van der Waals surface area contributed by atoms with E-state index in [0.717, 1.165) is 19.4 Å². The number of nitrogens with zero attached hydrogens (tertiary/aromatic N) is 1. The summed E-state index contributed by atoms with van der Waals surface area (Å²) < 4.78 is 0. The Balaban J connectivity index is 2.40. The highest BCUT2D eigenvalue weighted by atomic mass is 15.0. The molecular formula is C19H28N2. The third-order valence-corrected chi connectivity index (χ3v) is 4.52. The smallest absolute Gasteiger partial charge is 0.0439 e. The second-order valence-electron chi connectivity index (χ2n) is 6.63. The van der Waals surface area contributed by atoms with Crippen molar-refractivity contribution >= 4 is 10.8 Å². The van der Waals surface area contributed by atoms with Crippen LogP contribution >= 0.6 is 0 Å². The molecule has 2 aromatic rings. The molecule has 0 spiro atoms. The van der Waals surface area contributed by atoms with Crippen LogP contribution in [0.25, 0.3) is 10.8 Å². The van der Waals surface area contributed by atoms with Gasteiger partial charge in [0.2, 0.25) is 0 Å². The van der Waals surface area contributed by atoms with Gasteiger partial charge in [-0.2, -0.15) is 0 Å². The van der Waals surface area contributed by atoms with Gasteiger partial charge in [0.05, 0.1) is 0 Å². The molecular weight excluding hydrogens is 256 g/mol. The minimum absolute atomic E-state index is 0.267. The van der Waals surface area contributed by atoms with E-state index in [0.29, 0.717) is 5.92 Å². The lowest BCUT2D eigenvalue weighted by molar-refractivity contribution is 0.271. The fourth-order valence-electron chi connectivity index (χ4n) is 3.05. The predicted molar refractivity (Wildman–Crippen MR) is 92.4 cm³/mol. The summed E-state index contributed by atoms with van der Waals surface area (Å²) in [6.07, 6.45) is 2.13. The van der Waals surface area contributed by atoms with Crippen molar-refractivity contribution in [1.29, 1.82) is 0 Å². The molecule has 2 nitrogen and oxygen atoms in total. The minimum atomic E-state index is -0.267. The maximum absolute atomic E-state index is 6.90. The molecule has 1 unspecified atom stereocenters. The molecule has 114 valence electrons. The predicted octanol–water partition coefficient (Wildman–Crippen LogP) is 3.99. The zero-order chi connectivity index (χ0) is 15.5. The van der Waals surface area contributed by atoms with E-state index >= 15 is 0 Å². The lowest BCUT2D eigenvalue weighted by Crippen LogP contribution is -2.42. The highest BCUT2D eigenvalue weighted by Gasteiger charge is 2.31. The molecule has 2 heteroatoms. The van der Waals surface area contributed by atoms with Crippen LogP contribution in [0.3, 0.4) is 0 Å². The SMILES string of the molecule is CC(C)C(N)(CCCN(C)C)c1cccc2ccccc12. The Labute approximate surface area is 128 Å². The van der Waals surface area contributed by atoms with Crippen molar-refractivity contribution in [3.8, 4) is 0 Å². The molecule has 0 aliphatic carbocycles. The number of benzene rings is 2. The molecule has 0 aliphatic heterocycles. The van der Waals surface area contributed by atoms with Crippen LogP contribution in [0.4, 0.5) is 0 Å². The van der Waals surface area contributed by atoms with Crippen LogP contribution in [0.1, 0.15) is 32.3 Å². The van der Waals surface area contributed by atoms with Gasteiger partial charge < -0.3 is 10.6 Å². The van der Waals surface area contributed by atoms with Crippen LogP contribution in [0.5, 0.6) is 0 Å².